The van der Waals surface area contributed by atoms with Crippen molar-refractivity contribution in [2.45, 2.75) is 12.3 Å². The fourth-order valence-corrected chi connectivity index (χ4v) is 0.593. The third kappa shape index (κ3) is 2.67. The number of aliphatic hydroxyl groups excluding tert-OH is 1. The van der Waals surface area contributed by atoms with Gasteiger partial charge in [0.1, 0.15) is 5.92 Å². The zero-order valence-electron chi connectivity index (χ0n) is 5.88. The van der Waals surface area contributed by atoms with Crippen molar-refractivity contribution in [1.82, 2.24) is 0 Å². The topological polar surface area (TPSA) is 83.6 Å². The van der Waals surface area contributed by atoms with Gasteiger partial charge in [-0.15, -0.1) is 0 Å². The molecule has 4 nitrogen and oxygen atoms in total. The number of carboxylic acids is 1. The van der Waals surface area contributed by atoms with Crippen LogP contribution in [-0.4, -0.2) is 35.0 Å². The Labute approximate surface area is 65.8 Å². The van der Waals surface area contributed by atoms with Crippen LogP contribution in [0.15, 0.2) is 0 Å². The molecule has 72 valence electrons. The predicted octanol–water partition coefficient (Wildman–Crippen LogP) is -0.431. The summed E-state index contributed by atoms with van der Waals surface area (Å²) in [6.07, 6.45) is -7.84. The van der Waals surface area contributed by atoms with Crippen LogP contribution in [-0.2, 0) is 4.79 Å². The summed E-state index contributed by atoms with van der Waals surface area (Å²) in [5.41, 5.74) is 4.73. The number of hydrogen-bond donors (Lipinski definition) is 3. The van der Waals surface area contributed by atoms with Gasteiger partial charge in [0.05, 0.1) is 0 Å². The average Bonchev–Trinajstić information content (AvgIpc) is 1.86. The van der Waals surface area contributed by atoms with E-state index in [2.05, 4.69) is 0 Å². The summed E-state index contributed by atoms with van der Waals surface area (Å²) < 4.78 is 35.0. The molecule has 0 aliphatic carbocycles. The van der Waals surface area contributed by atoms with Crippen LogP contribution in [0.2, 0.25) is 0 Å². The van der Waals surface area contributed by atoms with Gasteiger partial charge in [-0.25, -0.2) is 0 Å². The minimum Gasteiger partial charge on any atom is -0.481 e. The van der Waals surface area contributed by atoms with E-state index < -0.39 is 30.7 Å². The van der Waals surface area contributed by atoms with E-state index in [1.54, 1.807) is 0 Å². The Hall–Kier alpha value is -0.820. The molecule has 0 aromatic carbocycles. The molecule has 0 aromatic rings. The highest BCUT2D eigenvalue weighted by Crippen LogP contribution is 2.25. The van der Waals surface area contributed by atoms with Gasteiger partial charge in [-0.05, 0) is 0 Å². The molecule has 0 amide bonds. The molecule has 4 N–H and O–H groups in total. The van der Waals surface area contributed by atoms with Gasteiger partial charge in [-0.2, -0.15) is 13.2 Å². The Morgan fingerprint density at radius 2 is 1.92 bits per heavy atom. The Bertz CT molecular complexity index is 170. The maximum atomic E-state index is 11.7. The Kier molecular flexibility index (Phi) is 3.47. The van der Waals surface area contributed by atoms with Crippen LogP contribution in [0, 0.1) is 5.92 Å². The molecule has 0 aliphatic rings. The lowest BCUT2D eigenvalue weighted by atomic mass is 10.0. The number of hydrogen-bond acceptors (Lipinski definition) is 3. The normalized spacial score (nSPS) is 17.1. The molecular weight excluding hydrogens is 179 g/mol. The standard InChI is InChI=1S/C5H8F3NO3/c6-5(7,8)3(10)2(1-9)4(11)12/h2-3,10H,1,9H2,(H,11,12). The van der Waals surface area contributed by atoms with Gasteiger partial charge in [0.25, 0.3) is 0 Å². The Morgan fingerprint density at radius 1 is 1.50 bits per heavy atom. The lowest BCUT2D eigenvalue weighted by Gasteiger charge is -2.19. The summed E-state index contributed by atoms with van der Waals surface area (Å²) in [4.78, 5) is 10.1. The summed E-state index contributed by atoms with van der Waals surface area (Å²) in [7, 11) is 0. The van der Waals surface area contributed by atoms with E-state index in [9.17, 15) is 18.0 Å². The third-order valence-electron chi connectivity index (χ3n) is 1.29. The second kappa shape index (κ2) is 3.72. The SMILES string of the molecule is NCC(C(=O)O)C(O)C(F)(F)F. The molecule has 0 spiro atoms. The molecule has 0 heterocycles. The molecule has 2 unspecified atom stereocenters. The highest BCUT2D eigenvalue weighted by Gasteiger charge is 2.45. The zero-order valence-corrected chi connectivity index (χ0v) is 5.88. The van der Waals surface area contributed by atoms with Crippen LogP contribution in [0.1, 0.15) is 0 Å². The monoisotopic (exact) mass is 187 g/mol. The quantitative estimate of drug-likeness (QED) is 0.559. The highest BCUT2D eigenvalue weighted by atomic mass is 19.4. The number of aliphatic carboxylic acids is 1. The average molecular weight is 187 g/mol. The molecule has 0 radical (unpaired) electrons. The third-order valence-corrected chi connectivity index (χ3v) is 1.29. The fourth-order valence-electron chi connectivity index (χ4n) is 0.593. The molecule has 0 saturated heterocycles. The lowest BCUT2D eigenvalue weighted by molar-refractivity contribution is -0.221. The number of nitrogens with two attached hydrogens (primary N) is 1. The molecule has 2 atom stereocenters. The molecular formula is C5H8F3NO3. The molecule has 0 bridgehead atoms. The predicted molar refractivity (Wildman–Crippen MR) is 32.2 cm³/mol. The summed E-state index contributed by atoms with van der Waals surface area (Å²) >= 11 is 0. The summed E-state index contributed by atoms with van der Waals surface area (Å²) in [6, 6.07) is 0. The number of aliphatic hydroxyl groups is 1. The van der Waals surface area contributed by atoms with Crippen molar-refractivity contribution in [3.63, 3.8) is 0 Å². The summed E-state index contributed by atoms with van der Waals surface area (Å²) in [5.74, 6) is -3.76. The first-order valence-corrected chi connectivity index (χ1v) is 2.98. The Balaban J connectivity index is 4.42. The molecule has 0 fully saturated rings. The molecule has 12 heavy (non-hydrogen) atoms. The van der Waals surface area contributed by atoms with Crippen LogP contribution in [0.3, 0.4) is 0 Å². The van der Waals surface area contributed by atoms with Crippen molar-refractivity contribution in [3.05, 3.63) is 0 Å². The van der Waals surface area contributed by atoms with Crippen molar-refractivity contribution >= 4 is 5.97 Å². The number of alkyl halides is 3. The molecule has 0 aliphatic heterocycles. The first kappa shape index (κ1) is 11.2. The van der Waals surface area contributed by atoms with Crippen LogP contribution in [0.25, 0.3) is 0 Å². The van der Waals surface area contributed by atoms with Crippen LogP contribution in [0.5, 0.6) is 0 Å². The van der Waals surface area contributed by atoms with Gasteiger partial charge in [0.2, 0.25) is 0 Å². The molecule has 0 aromatic heterocycles. The molecule has 7 heteroatoms. The van der Waals surface area contributed by atoms with Crippen molar-refractivity contribution in [1.29, 1.82) is 0 Å². The second-order valence-electron chi connectivity index (χ2n) is 2.17. The van der Waals surface area contributed by atoms with Gasteiger partial charge < -0.3 is 15.9 Å². The van der Waals surface area contributed by atoms with Gasteiger partial charge in [0, 0.05) is 6.54 Å². The largest absolute Gasteiger partial charge is 0.481 e. The summed E-state index contributed by atoms with van der Waals surface area (Å²) in [6.45, 7) is -0.754. The number of carbonyl (C=O) groups is 1. The number of rotatable bonds is 3. The van der Waals surface area contributed by atoms with E-state index in [1.807, 2.05) is 0 Å². The van der Waals surface area contributed by atoms with E-state index in [4.69, 9.17) is 15.9 Å². The minimum atomic E-state index is -4.94. The number of halogens is 3. The van der Waals surface area contributed by atoms with Gasteiger partial charge in [-0.3, -0.25) is 4.79 Å². The highest BCUT2D eigenvalue weighted by molar-refractivity contribution is 5.71. The van der Waals surface area contributed by atoms with Crippen LogP contribution >= 0.6 is 0 Å². The van der Waals surface area contributed by atoms with Gasteiger partial charge >= 0.3 is 12.1 Å². The maximum absolute atomic E-state index is 11.7. The van der Waals surface area contributed by atoms with E-state index in [1.165, 1.54) is 0 Å². The molecule has 0 saturated carbocycles. The van der Waals surface area contributed by atoms with Crippen LogP contribution in [0.4, 0.5) is 13.2 Å². The fraction of sp³-hybridized carbons (Fsp3) is 0.800. The van der Waals surface area contributed by atoms with Gasteiger partial charge in [0.15, 0.2) is 6.10 Å². The summed E-state index contributed by atoms with van der Waals surface area (Å²) in [5, 5.41) is 16.6. The first-order chi connectivity index (χ1) is 5.30. The maximum Gasteiger partial charge on any atom is 0.415 e. The van der Waals surface area contributed by atoms with E-state index in [0.29, 0.717) is 0 Å². The zero-order chi connectivity index (χ0) is 9.94. The molecule has 0 rings (SSSR count). The Morgan fingerprint density at radius 3 is 2.00 bits per heavy atom. The van der Waals surface area contributed by atoms with Crippen molar-refractivity contribution in [2.24, 2.45) is 11.7 Å². The van der Waals surface area contributed by atoms with Crippen molar-refractivity contribution in [2.75, 3.05) is 6.54 Å². The van der Waals surface area contributed by atoms with Crippen LogP contribution < -0.4 is 5.73 Å². The second-order valence-corrected chi connectivity index (χ2v) is 2.17. The van der Waals surface area contributed by atoms with Crippen molar-refractivity contribution < 1.29 is 28.2 Å². The first-order valence-electron chi connectivity index (χ1n) is 2.98. The van der Waals surface area contributed by atoms with Crippen molar-refractivity contribution in [3.8, 4) is 0 Å². The minimum absolute atomic E-state index is 0.754. The van der Waals surface area contributed by atoms with E-state index >= 15 is 0 Å². The van der Waals surface area contributed by atoms with E-state index in [0.717, 1.165) is 0 Å². The van der Waals surface area contributed by atoms with Gasteiger partial charge in [-0.1, -0.05) is 0 Å². The number of carboxylic acid groups (broad SMARTS) is 1. The lowest BCUT2D eigenvalue weighted by Crippen LogP contribution is -2.43. The smallest absolute Gasteiger partial charge is 0.415 e. The van der Waals surface area contributed by atoms with E-state index in [-0.39, 0.29) is 0 Å².